The Hall–Kier alpha value is -1.17. The van der Waals surface area contributed by atoms with Gasteiger partial charge < -0.3 is 20.1 Å². The zero-order valence-electron chi connectivity index (χ0n) is 12.1. The Morgan fingerprint density at radius 2 is 2.30 bits per heavy atom. The lowest BCUT2D eigenvalue weighted by atomic mass is 10.1. The van der Waals surface area contributed by atoms with Gasteiger partial charge in [-0.2, -0.15) is 0 Å². The minimum absolute atomic E-state index is 0.00750. The third-order valence-corrected chi connectivity index (χ3v) is 3.53. The summed E-state index contributed by atoms with van der Waals surface area (Å²) in [7, 11) is 0. The van der Waals surface area contributed by atoms with Gasteiger partial charge in [0, 0.05) is 30.4 Å². The second-order valence-corrected chi connectivity index (χ2v) is 5.38. The average molecular weight is 282 g/mol. The highest BCUT2D eigenvalue weighted by Crippen LogP contribution is 2.26. The number of aliphatic hydroxyl groups excluding tert-OH is 1. The summed E-state index contributed by atoms with van der Waals surface area (Å²) >= 11 is 0. The second-order valence-electron chi connectivity index (χ2n) is 5.38. The highest BCUT2D eigenvalue weighted by molar-refractivity contribution is 5.55. The van der Waals surface area contributed by atoms with Crippen LogP contribution in [-0.2, 0) is 11.3 Å². The predicted octanol–water partition coefficient (Wildman–Crippen LogP) is 1.52. The van der Waals surface area contributed by atoms with Crippen molar-refractivity contribution in [3.05, 3.63) is 29.6 Å². The first-order chi connectivity index (χ1) is 9.63. The van der Waals surface area contributed by atoms with E-state index in [4.69, 9.17) is 4.74 Å². The molecule has 1 heterocycles. The Kier molecular flexibility index (Phi) is 5.34. The summed E-state index contributed by atoms with van der Waals surface area (Å²) in [5.41, 5.74) is 1.50. The molecular formula is C15H23FN2O2. The summed E-state index contributed by atoms with van der Waals surface area (Å²) < 4.78 is 19.5. The largest absolute Gasteiger partial charge is 0.394 e. The number of aliphatic hydroxyl groups is 1. The molecule has 1 aliphatic heterocycles. The molecule has 1 aromatic carbocycles. The van der Waals surface area contributed by atoms with Gasteiger partial charge in [0.05, 0.1) is 25.9 Å². The van der Waals surface area contributed by atoms with Crippen LogP contribution in [-0.4, -0.2) is 43.6 Å². The SMILES string of the molecule is CC(C)NCc1c(F)cccc1N1CCOCC1CO. The van der Waals surface area contributed by atoms with Crippen LogP contribution >= 0.6 is 0 Å². The second kappa shape index (κ2) is 7.02. The highest BCUT2D eigenvalue weighted by atomic mass is 19.1. The fraction of sp³-hybridized carbons (Fsp3) is 0.600. The number of benzene rings is 1. The molecule has 0 bridgehead atoms. The minimum atomic E-state index is -0.209. The van der Waals surface area contributed by atoms with Crippen LogP contribution in [0.15, 0.2) is 18.2 Å². The van der Waals surface area contributed by atoms with E-state index in [-0.39, 0.29) is 18.5 Å². The monoisotopic (exact) mass is 282 g/mol. The molecule has 0 aromatic heterocycles. The lowest BCUT2D eigenvalue weighted by Gasteiger charge is -2.37. The van der Waals surface area contributed by atoms with Gasteiger partial charge in [-0.15, -0.1) is 0 Å². The van der Waals surface area contributed by atoms with Crippen LogP contribution in [0, 0.1) is 5.82 Å². The molecule has 1 saturated heterocycles. The molecule has 2 N–H and O–H groups in total. The summed E-state index contributed by atoms with van der Waals surface area (Å²) in [5, 5.41) is 12.7. The van der Waals surface area contributed by atoms with Gasteiger partial charge in [-0.3, -0.25) is 0 Å². The lowest BCUT2D eigenvalue weighted by Crippen LogP contribution is -2.48. The Morgan fingerprint density at radius 3 is 3.00 bits per heavy atom. The third kappa shape index (κ3) is 3.48. The van der Waals surface area contributed by atoms with E-state index in [1.54, 1.807) is 6.07 Å². The van der Waals surface area contributed by atoms with Crippen molar-refractivity contribution in [2.45, 2.75) is 32.5 Å². The summed E-state index contributed by atoms with van der Waals surface area (Å²) in [4.78, 5) is 2.05. The number of halogens is 1. The molecule has 4 nitrogen and oxygen atoms in total. The zero-order chi connectivity index (χ0) is 14.5. The number of nitrogens with zero attached hydrogens (tertiary/aromatic N) is 1. The quantitative estimate of drug-likeness (QED) is 0.859. The van der Waals surface area contributed by atoms with Gasteiger partial charge in [0.2, 0.25) is 0 Å². The Labute approximate surface area is 119 Å². The third-order valence-electron chi connectivity index (χ3n) is 3.53. The fourth-order valence-electron chi connectivity index (χ4n) is 2.42. The number of morpholine rings is 1. The number of ether oxygens (including phenoxy) is 1. The van der Waals surface area contributed by atoms with E-state index in [0.717, 1.165) is 5.69 Å². The maximum atomic E-state index is 14.1. The van der Waals surface area contributed by atoms with E-state index in [1.165, 1.54) is 6.07 Å². The highest BCUT2D eigenvalue weighted by Gasteiger charge is 2.25. The van der Waals surface area contributed by atoms with Crippen molar-refractivity contribution in [1.82, 2.24) is 5.32 Å². The molecule has 2 rings (SSSR count). The summed E-state index contributed by atoms with van der Waals surface area (Å²) in [5.74, 6) is -0.209. The van der Waals surface area contributed by atoms with E-state index in [1.807, 2.05) is 24.8 Å². The minimum Gasteiger partial charge on any atom is -0.394 e. The average Bonchev–Trinajstić information content (AvgIpc) is 2.45. The maximum absolute atomic E-state index is 14.1. The van der Waals surface area contributed by atoms with Gasteiger partial charge in [0.25, 0.3) is 0 Å². The van der Waals surface area contributed by atoms with Gasteiger partial charge in [-0.25, -0.2) is 4.39 Å². The molecule has 0 aliphatic carbocycles. The van der Waals surface area contributed by atoms with Gasteiger partial charge in [0.15, 0.2) is 0 Å². The van der Waals surface area contributed by atoms with Gasteiger partial charge in [0.1, 0.15) is 5.82 Å². The summed E-state index contributed by atoms with van der Waals surface area (Å²) in [6.07, 6.45) is 0. The Morgan fingerprint density at radius 1 is 1.50 bits per heavy atom. The Balaban J connectivity index is 2.27. The van der Waals surface area contributed by atoms with Crippen LogP contribution in [0.2, 0.25) is 0 Å². The van der Waals surface area contributed by atoms with Gasteiger partial charge in [-0.1, -0.05) is 19.9 Å². The molecule has 1 unspecified atom stereocenters. The van der Waals surface area contributed by atoms with Crippen molar-refractivity contribution in [3.8, 4) is 0 Å². The van der Waals surface area contributed by atoms with E-state index in [0.29, 0.717) is 37.9 Å². The smallest absolute Gasteiger partial charge is 0.129 e. The van der Waals surface area contributed by atoms with Crippen molar-refractivity contribution in [1.29, 1.82) is 0 Å². The first kappa shape index (κ1) is 15.2. The van der Waals surface area contributed by atoms with Crippen molar-refractivity contribution >= 4 is 5.69 Å². The van der Waals surface area contributed by atoms with Crippen LogP contribution in [0.5, 0.6) is 0 Å². The van der Waals surface area contributed by atoms with Crippen LogP contribution in [0.25, 0.3) is 0 Å². The van der Waals surface area contributed by atoms with Crippen molar-refractivity contribution in [2.24, 2.45) is 0 Å². The molecule has 1 atom stereocenters. The van der Waals surface area contributed by atoms with E-state index in [9.17, 15) is 9.50 Å². The Bertz CT molecular complexity index is 440. The predicted molar refractivity (Wildman–Crippen MR) is 77.4 cm³/mol. The molecular weight excluding hydrogens is 259 g/mol. The molecule has 0 radical (unpaired) electrons. The number of rotatable bonds is 5. The molecule has 0 spiro atoms. The van der Waals surface area contributed by atoms with Crippen LogP contribution in [0.1, 0.15) is 19.4 Å². The van der Waals surface area contributed by atoms with Crippen LogP contribution in [0.3, 0.4) is 0 Å². The summed E-state index contributed by atoms with van der Waals surface area (Å²) in [6, 6.07) is 5.29. The van der Waals surface area contributed by atoms with Gasteiger partial charge in [-0.05, 0) is 12.1 Å². The number of nitrogens with one attached hydrogen (secondary N) is 1. The topological polar surface area (TPSA) is 44.7 Å². The number of anilines is 1. The zero-order valence-corrected chi connectivity index (χ0v) is 12.1. The van der Waals surface area contributed by atoms with Crippen molar-refractivity contribution in [2.75, 3.05) is 31.3 Å². The van der Waals surface area contributed by atoms with E-state index in [2.05, 4.69) is 5.32 Å². The molecule has 0 saturated carbocycles. The first-order valence-electron chi connectivity index (χ1n) is 7.09. The summed E-state index contributed by atoms with van der Waals surface area (Å²) in [6.45, 7) is 6.30. The molecule has 20 heavy (non-hydrogen) atoms. The van der Waals surface area contributed by atoms with E-state index < -0.39 is 0 Å². The standard InChI is InChI=1S/C15H23FN2O2/c1-11(2)17-8-13-14(16)4-3-5-15(13)18-6-7-20-10-12(18)9-19/h3-5,11-12,17,19H,6-10H2,1-2H3. The fourth-order valence-corrected chi connectivity index (χ4v) is 2.42. The molecule has 5 heteroatoms. The van der Waals surface area contributed by atoms with Gasteiger partial charge >= 0.3 is 0 Å². The first-order valence-corrected chi connectivity index (χ1v) is 7.09. The maximum Gasteiger partial charge on any atom is 0.129 e. The lowest BCUT2D eigenvalue weighted by molar-refractivity contribution is 0.0726. The van der Waals surface area contributed by atoms with Crippen LogP contribution in [0.4, 0.5) is 10.1 Å². The molecule has 1 aromatic rings. The van der Waals surface area contributed by atoms with Crippen LogP contribution < -0.4 is 10.2 Å². The normalized spacial score (nSPS) is 19.6. The van der Waals surface area contributed by atoms with Crippen molar-refractivity contribution in [3.63, 3.8) is 0 Å². The molecule has 1 aliphatic rings. The van der Waals surface area contributed by atoms with Crippen molar-refractivity contribution < 1.29 is 14.2 Å². The molecule has 0 amide bonds. The molecule has 1 fully saturated rings. The number of hydrogen-bond donors (Lipinski definition) is 2. The number of hydrogen-bond acceptors (Lipinski definition) is 4. The molecule has 112 valence electrons. The van der Waals surface area contributed by atoms with E-state index >= 15 is 0 Å².